The second kappa shape index (κ2) is 3.35. The first-order valence-corrected chi connectivity index (χ1v) is 5.11. The van der Waals surface area contributed by atoms with E-state index in [1.54, 1.807) is 6.07 Å². The largest absolute Gasteiger partial charge is 0.330 e. The van der Waals surface area contributed by atoms with E-state index in [0.29, 0.717) is 6.54 Å². The molecule has 0 radical (unpaired) electrons. The van der Waals surface area contributed by atoms with Crippen molar-refractivity contribution in [3.63, 3.8) is 0 Å². The van der Waals surface area contributed by atoms with Gasteiger partial charge in [-0.05, 0) is 55.3 Å². The van der Waals surface area contributed by atoms with Crippen LogP contribution < -0.4 is 5.73 Å². The molecular formula is C12H16FN. The zero-order valence-electron chi connectivity index (χ0n) is 8.52. The number of hydrogen-bond donors (Lipinski definition) is 1. The molecule has 0 amide bonds. The van der Waals surface area contributed by atoms with Gasteiger partial charge in [-0.1, -0.05) is 12.1 Å². The summed E-state index contributed by atoms with van der Waals surface area (Å²) in [6, 6.07) is 5.26. The summed E-state index contributed by atoms with van der Waals surface area (Å²) in [7, 11) is 0. The third kappa shape index (κ3) is 1.67. The minimum Gasteiger partial charge on any atom is -0.330 e. The maximum absolute atomic E-state index is 13.5. The highest BCUT2D eigenvalue weighted by Gasteiger charge is 2.41. The summed E-state index contributed by atoms with van der Waals surface area (Å²) < 4.78 is 13.5. The summed E-state index contributed by atoms with van der Waals surface area (Å²) in [5.74, 6) is -0.0790. The topological polar surface area (TPSA) is 26.0 Å². The van der Waals surface area contributed by atoms with Crippen molar-refractivity contribution in [1.82, 2.24) is 0 Å². The van der Waals surface area contributed by atoms with E-state index in [9.17, 15) is 4.39 Å². The standard InChI is InChI=1S/C12H16FN/c1-9-3-2-4-11(13)10(9)7-12(8-14)5-6-12/h2-4H,5-8,14H2,1H3. The van der Waals surface area contributed by atoms with Crippen LogP contribution in [0, 0.1) is 18.2 Å². The van der Waals surface area contributed by atoms with Gasteiger partial charge in [-0.3, -0.25) is 0 Å². The molecule has 1 aliphatic carbocycles. The van der Waals surface area contributed by atoms with Gasteiger partial charge < -0.3 is 5.73 Å². The lowest BCUT2D eigenvalue weighted by atomic mass is 9.93. The van der Waals surface area contributed by atoms with Crippen molar-refractivity contribution >= 4 is 0 Å². The molecule has 1 aromatic rings. The van der Waals surface area contributed by atoms with Crippen molar-refractivity contribution in [3.8, 4) is 0 Å². The molecule has 0 atom stereocenters. The van der Waals surface area contributed by atoms with Crippen LogP contribution in [0.3, 0.4) is 0 Å². The Labute approximate surface area is 84.1 Å². The van der Waals surface area contributed by atoms with Gasteiger partial charge in [0.25, 0.3) is 0 Å². The molecule has 0 saturated heterocycles. The summed E-state index contributed by atoms with van der Waals surface area (Å²) in [4.78, 5) is 0. The molecule has 1 saturated carbocycles. The Morgan fingerprint density at radius 2 is 2.14 bits per heavy atom. The highest BCUT2D eigenvalue weighted by Crippen LogP contribution is 2.47. The van der Waals surface area contributed by atoms with Gasteiger partial charge in [0, 0.05) is 0 Å². The van der Waals surface area contributed by atoms with E-state index in [4.69, 9.17) is 5.73 Å². The molecule has 1 nitrogen and oxygen atoms in total. The zero-order valence-corrected chi connectivity index (χ0v) is 8.52. The van der Waals surface area contributed by atoms with E-state index in [1.165, 1.54) is 6.07 Å². The van der Waals surface area contributed by atoms with Gasteiger partial charge in [-0.15, -0.1) is 0 Å². The van der Waals surface area contributed by atoms with Crippen molar-refractivity contribution in [2.24, 2.45) is 11.1 Å². The Balaban J connectivity index is 2.24. The first-order valence-electron chi connectivity index (χ1n) is 5.11. The number of rotatable bonds is 3. The highest BCUT2D eigenvalue weighted by atomic mass is 19.1. The average Bonchev–Trinajstić information content (AvgIpc) is 2.93. The van der Waals surface area contributed by atoms with E-state index in [0.717, 1.165) is 30.4 Å². The van der Waals surface area contributed by atoms with Crippen molar-refractivity contribution < 1.29 is 4.39 Å². The van der Waals surface area contributed by atoms with Crippen LogP contribution in [0.4, 0.5) is 4.39 Å². The van der Waals surface area contributed by atoms with Gasteiger partial charge in [0.15, 0.2) is 0 Å². The molecule has 0 aromatic heterocycles. The van der Waals surface area contributed by atoms with Gasteiger partial charge >= 0.3 is 0 Å². The quantitative estimate of drug-likeness (QED) is 0.783. The Kier molecular flexibility index (Phi) is 2.31. The van der Waals surface area contributed by atoms with Crippen LogP contribution in [0.25, 0.3) is 0 Å². The second-order valence-corrected chi connectivity index (χ2v) is 4.42. The monoisotopic (exact) mass is 193 g/mol. The van der Waals surface area contributed by atoms with E-state index >= 15 is 0 Å². The van der Waals surface area contributed by atoms with Gasteiger partial charge in [0.1, 0.15) is 5.82 Å². The van der Waals surface area contributed by atoms with Crippen molar-refractivity contribution in [3.05, 3.63) is 35.1 Å². The van der Waals surface area contributed by atoms with E-state index in [-0.39, 0.29) is 11.2 Å². The number of benzene rings is 1. The number of halogens is 1. The minimum absolute atomic E-state index is 0.0790. The van der Waals surface area contributed by atoms with Gasteiger partial charge in [0.2, 0.25) is 0 Å². The Morgan fingerprint density at radius 3 is 2.64 bits per heavy atom. The second-order valence-electron chi connectivity index (χ2n) is 4.42. The predicted octanol–water partition coefficient (Wildman–Crippen LogP) is 2.42. The molecule has 1 aromatic carbocycles. The Morgan fingerprint density at radius 1 is 1.43 bits per heavy atom. The molecule has 2 heteroatoms. The average molecular weight is 193 g/mol. The summed E-state index contributed by atoms with van der Waals surface area (Å²) in [5.41, 5.74) is 7.81. The molecule has 0 bridgehead atoms. The molecule has 2 N–H and O–H groups in total. The molecule has 0 spiro atoms. The SMILES string of the molecule is Cc1cccc(F)c1CC1(CN)CC1. The fourth-order valence-electron chi connectivity index (χ4n) is 1.90. The predicted molar refractivity (Wildman–Crippen MR) is 55.6 cm³/mol. The molecule has 0 aliphatic heterocycles. The Bertz CT molecular complexity index is 322. The third-order valence-electron chi connectivity index (χ3n) is 3.29. The summed E-state index contributed by atoms with van der Waals surface area (Å²) in [6.07, 6.45) is 3.11. The number of nitrogens with two attached hydrogens (primary N) is 1. The molecule has 2 rings (SSSR count). The fourth-order valence-corrected chi connectivity index (χ4v) is 1.90. The van der Waals surface area contributed by atoms with Crippen LogP contribution in [0.15, 0.2) is 18.2 Å². The van der Waals surface area contributed by atoms with Crippen LogP contribution in [0.1, 0.15) is 24.0 Å². The van der Waals surface area contributed by atoms with Crippen LogP contribution in [0.2, 0.25) is 0 Å². The van der Waals surface area contributed by atoms with Crippen LogP contribution in [0.5, 0.6) is 0 Å². The Hall–Kier alpha value is -0.890. The summed E-state index contributed by atoms with van der Waals surface area (Å²) in [5, 5.41) is 0. The van der Waals surface area contributed by atoms with Crippen molar-refractivity contribution in [1.29, 1.82) is 0 Å². The lowest BCUT2D eigenvalue weighted by Crippen LogP contribution is -2.19. The van der Waals surface area contributed by atoms with Gasteiger partial charge in [-0.25, -0.2) is 4.39 Å². The zero-order chi connectivity index (χ0) is 10.2. The maximum Gasteiger partial charge on any atom is 0.126 e. The van der Waals surface area contributed by atoms with Gasteiger partial charge in [0.05, 0.1) is 0 Å². The normalized spacial score (nSPS) is 18.2. The molecular weight excluding hydrogens is 177 g/mol. The lowest BCUT2D eigenvalue weighted by Gasteiger charge is -2.14. The molecule has 1 fully saturated rings. The number of aryl methyl sites for hydroxylation is 1. The molecule has 14 heavy (non-hydrogen) atoms. The molecule has 1 aliphatic rings. The minimum atomic E-state index is -0.0790. The maximum atomic E-state index is 13.5. The third-order valence-corrected chi connectivity index (χ3v) is 3.29. The van der Waals surface area contributed by atoms with Crippen LogP contribution in [-0.2, 0) is 6.42 Å². The van der Waals surface area contributed by atoms with Crippen molar-refractivity contribution in [2.45, 2.75) is 26.2 Å². The molecule has 0 heterocycles. The van der Waals surface area contributed by atoms with Gasteiger partial charge in [-0.2, -0.15) is 0 Å². The molecule has 76 valence electrons. The first kappa shape index (κ1) is 9.66. The first-order chi connectivity index (χ1) is 6.67. The van der Waals surface area contributed by atoms with Crippen LogP contribution in [-0.4, -0.2) is 6.54 Å². The van der Waals surface area contributed by atoms with E-state index < -0.39 is 0 Å². The lowest BCUT2D eigenvalue weighted by molar-refractivity contribution is 0.498. The highest BCUT2D eigenvalue weighted by molar-refractivity contribution is 5.29. The summed E-state index contributed by atoms with van der Waals surface area (Å²) >= 11 is 0. The number of hydrogen-bond acceptors (Lipinski definition) is 1. The van der Waals surface area contributed by atoms with E-state index in [1.807, 2.05) is 13.0 Å². The fraction of sp³-hybridized carbons (Fsp3) is 0.500. The van der Waals surface area contributed by atoms with Crippen LogP contribution >= 0.6 is 0 Å². The van der Waals surface area contributed by atoms with E-state index in [2.05, 4.69) is 0 Å². The smallest absolute Gasteiger partial charge is 0.126 e. The summed E-state index contributed by atoms with van der Waals surface area (Å²) in [6.45, 7) is 2.64. The molecule has 0 unspecified atom stereocenters. The van der Waals surface area contributed by atoms with Crippen molar-refractivity contribution in [2.75, 3.05) is 6.54 Å².